The molecule has 9 heteroatoms. The van der Waals surface area contributed by atoms with E-state index in [0.717, 1.165) is 0 Å². The van der Waals surface area contributed by atoms with Gasteiger partial charge in [0.1, 0.15) is 6.04 Å². The molecule has 0 saturated heterocycles. The van der Waals surface area contributed by atoms with Crippen molar-refractivity contribution in [2.75, 3.05) is 11.9 Å². The van der Waals surface area contributed by atoms with E-state index in [1.165, 1.54) is 0 Å². The van der Waals surface area contributed by atoms with Crippen molar-refractivity contribution in [2.24, 2.45) is 5.73 Å². The number of carboxylic acids is 1. The number of nitrogens with two attached hydrogens (primary N) is 1. The molecular formula is C17H24N4O5. The Labute approximate surface area is 151 Å². The molecule has 1 aromatic rings. The number of benzene rings is 1. The van der Waals surface area contributed by atoms with Crippen LogP contribution in [0.5, 0.6) is 0 Å². The number of nitrogens with one attached hydrogen (secondary N) is 3. The minimum atomic E-state index is -1.31. The average molecular weight is 364 g/mol. The molecule has 0 spiro atoms. The van der Waals surface area contributed by atoms with Crippen LogP contribution in [-0.4, -0.2) is 47.4 Å². The van der Waals surface area contributed by atoms with Gasteiger partial charge in [0.2, 0.25) is 17.7 Å². The van der Waals surface area contributed by atoms with Crippen LogP contribution in [0.4, 0.5) is 5.69 Å². The SMILES string of the molecule is CCC[C@H](N)C(=O)N[C@@H](CC(=O)O)C(=O)NCC(=O)Nc1ccccc1. The van der Waals surface area contributed by atoms with E-state index in [1.807, 2.05) is 6.92 Å². The zero-order chi connectivity index (χ0) is 19.5. The van der Waals surface area contributed by atoms with Crippen molar-refractivity contribution < 1.29 is 24.3 Å². The van der Waals surface area contributed by atoms with E-state index in [0.29, 0.717) is 18.5 Å². The highest BCUT2D eigenvalue weighted by Gasteiger charge is 2.26. The van der Waals surface area contributed by atoms with Crippen LogP contribution in [0, 0.1) is 0 Å². The molecule has 1 rings (SSSR count). The molecule has 0 saturated carbocycles. The molecule has 1 aromatic carbocycles. The fourth-order valence-corrected chi connectivity index (χ4v) is 2.12. The smallest absolute Gasteiger partial charge is 0.305 e. The fourth-order valence-electron chi connectivity index (χ4n) is 2.12. The summed E-state index contributed by atoms with van der Waals surface area (Å²) < 4.78 is 0. The van der Waals surface area contributed by atoms with E-state index >= 15 is 0 Å². The van der Waals surface area contributed by atoms with Gasteiger partial charge in [0, 0.05) is 5.69 Å². The van der Waals surface area contributed by atoms with Crippen LogP contribution in [0.2, 0.25) is 0 Å². The second kappa shape index (κ2) is 10.8. The normalized spacial score (nSPS) is 12.5. The van der Waals surface area contributed by atoms with E-state index < -0.39 is 42.2 Å². The molecule has 142 valence electrons. The molecule has 26 heavy (non-hydrogen) atoms. The lowest BCUT2D eigenvalue weighted by atomic mass is 10.1. The van der Waals surface area contributed by atoms with E-state index in [9.17, 15) is 19.2 Å². The van der Waals surface area contributed by atoms with E-state index in [-0.39, 0.29) is 6.54 Å². The number of para-hydroxylation sites is 1. The molecule has 2 atom stereocenters. The van der Waals surface area contributed by atoms with Crippen molar-refractivity contribution in [2.45, 2.75) is 38.3 Å². The predicted molar refractivity (Wildman–Crippen MR) is 95.1 cm³/mol. The number of hydrogen-bond acceptors (Lipinski definition) is 5. The second-order valence-corrected chi connectivity index (χ2v) is 5.69. The Balaban J connectivity index is 2.58. The molecule has 0 aliphatic rings. The van der Waals surface area contributed by atoms with Crippen LogP contribution < -0.4 is 21.7 Å². The van der Waals surface area contributed by atoms with Crippen LogP contribution >= 0.6 is 0 Å². The van der Waals surface area contributed by atoms with E-state index in [4.69, 9.17) is 10.8 Å². The fraction of sp³-hybridized carbons (Fsp3) is 0.412. The first kappa shape index (κ1) is 21.1. The summed E-state index contributed by atoms with van der Waals surface area (Å²) >= 11 is 0. The van der Waals surface area contributed by atoms with Crippen LogP contribution in [-0.2, 0) is 19.2 Å². The lowest BCUT2D eigenvalue weighted by Gasteiger charge is -2.19. The van der Waals surface area contributed by atoms with Crippen LogP contribution in [0.15, 0.2) is 30.3 Å². The quantitative estimate of drug-likeness (QED) is 0.389. The first-order chi connectivity index (χ1) is 12.3. The van der Waals surface area contributed by atoms with E-state index in [2.05, 4.69) is 16.0 Å². The van der Waals surface area contributed by atoms with Crippen molar-refractivity contribution in [3.8, 4) is 0 Å². The Morgan fingerprint density at radius 1 is 1.12 bits per heavy atom. The van der Waals surface area contributed by atoms with Crippen LogP contribution in [0.3, 0.4) is 0 Å². The first-order valence-electron chi connectivity index (χ1n) is 8.23. The summed E-state index contributed by atoms with van der Waals surface area (Å²) in [5, 5.41) is 16.1. The molecule has 0 unspecified atom stereocenters. The van der Waals surface area contributed by atoms with Gasteiger partial charge in [-0.2, -0.15) is 0 Å². The van der Waals surface area contributed by atoms with Gasteiger partial charge in [0.05, 0.1) is 19.0 Å². The molecule has 0 aliphatic heterocycles. The summed E-state index contributed by atoms with van der Waals surface area (Å²) in [6.45, 7) is 1.49. The largest absolute Gasteiger partial charge is 0.481 e. The summed E-state index contributed by atoms with van der Waals surface area (Å²) in [4.78, 5) is 46.8. The van der Waals surface area contributed by atoms with Gasteiger partial charge in [-0.05, 0) is 18.6 Å². The molecule has 9 nitrogen and oxygen atoms in total. The van der Waals surface area contributed by atoms with Gasteiger partial charge in [-0.15, -0.1) is 0 Å². The highest BCUT2D eigenvalue weighted by molar-refractivity contribution is 5.97. The zero-order valence-corrected chi connectivity index (χ0v) is 14.5. The van der Waals surface area contributed by atoms with Crippen molar-refractivity contribution in [1.29, 1.82) is 0 Å². The lowest BCUT2D eigenvalue weighted by Crippen LogP contribution is -2.53. The highest BCUT2D eigenvalue weighted by Crippen LogP contribution is 2.04. The van der Waals surface area contributed by atoms with Crippen LogP contribution in [0.25, 0.3) is 0 Å². The monoisotopic (exact) mass is 364 g/mol. The third kappa shape index (κ3) is 7.75. The van der Waals surface area contributed by atoms with Gasteiger partial charge >= 0.3 is 5.97 Å². The van der Waals surface area contributed by atoms with Gasteiger partial charge in [0.25, 0.3) is 0 Å². The summed E-state index contributed by atoms with van der Waals surface area (Å²) in [5.41, 5.74) is 6.22. The molecule has 0 fully saturated rings. The molecule has 0 heterocycles. The zero-order valence-electron chi connectivity index (χ0n) is 14.5. The molecule has 3 amide bonds. The number of rotatable bonds is 10. The lowest BCUT2D eigenvalue weighted by molar-refractivity contribution is -0.140. The highest BCUT2D eigenvalue weighted by atomic mass is 16.4. The number of amides is 3. The Bertz CT molecular complexity index is 635. The molecule has 0 radical (unpaired) electrons. The maximum Gasteiger partial charge on any atom is 0.305 e. The van der Waals surface area contributed by atoms with Crippen LogP contribution in [0.1, 0.15) is 26.2 Å². The van der Waals surface area contributed by atoms with Crippen molar-refractivity contribution in [1.82, 2.24) is 10.6 Å². The van der Waals surface area contributed by atoms with Gasteiger partial charge in [0.15, 0.2) is 0 Å². The number of aliphatic carboxylic acids is 1. The van der Waals surface area contributed by atoms with Gasteiger partial charge in [-0.3, -0.25) is 19.2 Å². The minimum absolute atomic E-state index is 0.360. The predicted octanol–water partition coefficient (Wildman–Crippen LogP) is -0.172. The number of carbonyl (C=O) groups is 4. The molecule has 0 aliphatic carbocycles. The van der Waals surface area contributed by atoms with E-state index in [1.54, 1.807) is 30.3 Å². The van der Waals surface area contributed by atoms with Crippen molar-refractivity contribution in [3.05, 3.63) is 30.3 Å². The summed E-state index contributed by atoms with van der Waals surface area (Å²) in [7, 11) is 0. The van der Waals surface area contributed by atoms with Gasteiger partial charge < -0.3 is 26.8 Å². The number of carboxylic acid groups (broad SMARTS) is 1. The number of hydrogen-bond donors (Lipinski definition) is 5. The Morgan fingerprint density at radius 3 is 2.35 bits per heavy atom. The Morgan fingerprint density at radius 2 is 1.77 bits per heavy atom. The first-order valence-corrected chi connectivity index (χ1v) is 8.23. The summed E-state index contributed by atoms with van der Waals surface area (Å²) in [5.74, 6) is -3.12. The van der Waals surface area contributed by atoms with Gasteiger partial charge in [-0.1, -0.05) is 31.5 Å². The molecular weight excluding hydrogens is 340 g/mol. The third-order valence-electron chi connectivity index (χ3n) is 3.43. The van der Waals surface area contributed by atoms with Crippen molar-refractivity contribution >= 4 is 29.4 Å². The Hall–Kier alpha value is -2.94. The standard InChI is InChI=1S/C17H24N4O5/c1-2-6-12(18)16(25)21-13(9-15(23)24)17(26)19-10-14(22)20-11-7-4-3-5-8-11/h3-5,7-8,12-13H,2,6,9-10,18H2,1H3,(H,19,26)(H,20,22)(H,21,25)(H,23,24)/t12-,13-/m0/s1. The van der Waals surface area contributed by atoms with Crippen molar-refractivity contribution in [3.63, 3.8) is 0 Å². The Kier molecular flexibility index (Phi) is 8.79. The topological polar surface area (TPSA) is 151 Å². The maximum atomic E-state index is 12.1. The molecule has 0 bridgehead atoms. The summed E-state index contributed by atoms with van der Waals surface area (Å²) in [6.07, 6.45) is 0.466. The number of anilines is 1. The second-order valence-electron chi connectivity index (χ2n) is 5.69. The summed E-state index contributed by atoms with van der Waals surface area (Å²) in [6, 6.07) is 6.50. The average Bonchev–Trinajstić information content (AvgIpc) is 2.59. The number of carbonyl (C=O) groups excluding carboxylic acids is 3. The third-order valence-corrected chi connectivity index (χ3v) is 3.43. The van der Waals surface area contributed by atoms with Gasteiger partial charge in [-0.25, -0.2) is 0 Å². The minimum Gasteiger partial charge on any atom is -0.481 e. The maximum absolute atomic E-state index is 12.1. The molecule has 0 aromatic heterocycles. The molecule has 6 N–H and O–H groups in total.